The summed E-state index contributed by atoms with van der Waals surface area (Å²) < 4.78 is 15.7. The van der Waals surface area contributed by atoms with Crippen molar-refractivity contribution in [3.05, 3.63) is 77.9 Å². The van der Waals surface area contributed by atoms with Crippen LogP contribution in [-0.2, 0) is 34.0 Å². The van der Waals surface area contributed by atoms with E-state index < -0.39 is 23.3 Å². The van der Waals surface area contributed by atoms with Gasteiger partial charge in [0.05, 0.1) is 7.11 Å². The standard InChI is InChI=1S/C22H22N2O6/c1-5-11-24-15-10-8-7-9-14(15)22(21(24)27)16(20(26)29-12-6-2)13(3)30-18(23)17(22)19(25)28-4/h5-10H,1-2,11-12,23H2,3-4H3/t22-/m1/s1. The predicted octanol–water partition coefficient (Wildman–Crippen LogP) is 1.83. The minimum Gasteiger partial charge on any atom is -0.465 e. The number of carbonyl (C=O) groups excluding carboxylic acids is 3. The highest BCUT2D eigenvalue weighted by Crippen LogP contribution is 2.54. The summed E-state index contributed by atoms with van der Waals surface area (Å²) in [5.41, 5.74) is 4.69. The van der Waals surface area contributed by atoms with Crippen molar-refractivity contribution < 1.29 is 28.6 Å². The molecule has 1 amide bonds. The fourth-order valence-electron chi connectivity index (χ4n) is 3.95. The number of esters is 2. The number of para-hydroxylation sites is 1. The Morgan fingerprint density at radius 3 is 2.53 bits per heavy atom. The summed E-state index contributed by atoms with van der Waals surface area (Å²) in [6.07, 6.45) is 2.94. The number of hydrogen-bond donors (Lipinski definition) is 1. The molecule has 0 aliphatic carbocycles. The lowest BCUT2D eigenvalue weighted by atomic mass is 9.67. The van der Waals surface area contributed by atoms with Gasteiger partial charge in [-0.3, -0.25) is 4.79 Å². The molecule has 0 aromatic heterocycles. The molecule has 0 saturated carbocycles. The number of amides is 1. The summed E-state index contributed by atoms with van der Waals surface area (Å²) in [5, 5.41) is 0. The van der Waals surface area contributed by atoms with Crippen LogP contribution in [0.2, 0.25) is 0 Å². The number of allylic oxidation sites excluding steroid dienone is 1. The Balaban J connectivity index is 2.41. The molecular formula is C22H22N2O6. The minimum atomic E-state index is -1.88. The smallest absolute Gasteiger partial charge is 0.340 e. The Morgan fingerprint density at radius 1 is 1.20 bits per heavy atom. The molecule has 1 aromatic rings. The first-order valence-electron chi connectivity index (χ1n) is 9.14. The average molecular weight is 410 g/mol. The van der Waals surface area contributed by atoms with Gasteiger partial charge < -0.3 is 24.8 Å². The van der Waals surface area contributed by atoms with E-state index in [2.05, 4.69) is 13.2 Å². The van der Waals surface area contributed by atoms with Gasteiger partial charge >= 0.3 is 11.9 Å². The molecule has 0 unspecified atom stereocenters. The van der Waals surface area contributed by atoms with Gasteiger partial charge in [0.2, 0.25) is 11.8 Å². The Labute approximate surface area is 173 Å². The second kappa shape index (κ2) is 7.90. The number of fused-ring (bicyclic) bond motifs is 2. The van der Waals surface area contributed by atoms with Crippen LogP contribution in [0.5, 0.6) is 0 Å². The molecule has 2 N–H and O–H groups in total. The number of nitrogens with two attached hydrogens (primary N) is 1. The fraction of sp³-hybridized carbons (Fsp3) is 0.227. The first-order chi connectivity index (χ1) is 14.4. The lowest BCUT2D eigenvalue weighted by molar-refractivity contribution is -0.142. The lowest BCUT2D eigenvalue weighted by Crippen LogP contribution is -2.50. The molecule has 0 radical (unpaired) electrons. The van der Waals surface area contributed by atoms with Gasteiger partial charge in [-0.2, -0.15) is 0 Å². The third-order valence-electron chi connectivity index (χ3n) is 5.01. The van der Waals surface area contributed by atoms with E-state index in [1.54, 1.807) is 30.3 Å². The number of benzene rings is 1. The molecule has 8 nitrogen and oxygen atoms in total. The molecule has 30 heavy (non-hydrogen) atoms. The van der Waals surface area contributed by atoms with E-state index in [0.717, 1.165) is 7.11 Å². The molecule has 1 aromatic carbocycles. The quantitative estimate of drug-likeness (QED) is 0.563. The van der Waals surface area contributed by atoms with Crippen molar-refractivity contribution in [2.45, 2.75) is 12.3 Å². The van der Waals surface area contributed by atoms with Crippen LogP contribution in [0.3, 0.4) is 0 Å². The van der Waals surface area contributed by atoms with Crippen LogP contribution in [0, 0.1) is 0 Å². The maximum Gasteiger partial charge on any atom is 0.340 e. The van der Waals surface area contributed by atoms with Crippen molar-refractivity contribution in [3.8, 4) is 0 Å². The van der Waals surface area contributed by atoms with Gasteiger partial charge in [-0.05, 0) is 13.0 Å². The highest BCUT2D eigenvalue weighted by Gasteiger charge is 2.63. The van der Waals surface area contributed by atoms with Crippen molar-refractivity contribution in [2.75, 3.05) is 25.2 Å². The number of ether oxygens (including phenoxy) is 3. The third-order valence-corrected chi connectivity index (χ3v) is 5.01. The zero-order valence-electron chi connectivity index (χ0n) is 16.8. The van der Waals surface area contributed by atoms with Crippen LogP contribution in [0.15, 0.2) is 72.4 Å². The summed E-state index contributed by atoms with van der Waals surface area (Å²) >= 11 is 0. The van der Waals surface area contributed by atoms with Gasteiger partial charge in [0.25, 0.3) is 0 Å². The normalized spacial score (nSPS) is 20.1. The molecule has 0 saturated heterocycles. The zero-order valence-corrected chi connectivity index (χ0v) is 16.8. The Hall–Kier alpha value is -3.81. The largest absolute Gasteiger partial charge is 0.465 e. The van der Waals surface area contributed by atoms with Crippen LogP contribution < -0.4 is 10.6 Å². The molecule has 8 heteroatoms. The topological polar surface area (TPSA) is 108 Å². The molecule has 156 valence electrons. The number of rotatable bonds is 6. The van der Waals surface area contributed by atoms with Gasteiger partial charge in [-0.25, -0.2) is 9.59 Å². The molecular weight excluding hydrogens is 388 g/mol. The molecule has 2 heterocycles. The molecule has 2 aliphatic heterocycles. The molecule has 1 spiro atoms. The highest BCUT2D eigenvalue weighted by molar-refractivity contribution is 6.22. The number of hydrogen-bond acceptors (Lipinski definition) is 7. The summed E-state index contributed by atoms with van der Waals surface area (Å²) in [4.78, 5) is 41.3. The second-order valence-corrected chi connectivity index (χ2v) is 6.62. The predicted molar refractivity (Wildman–Crippen MR) is 109 cm³/mol. The van der Waals surface area contributed by atoms with Crippen LogP contribution >= 0.6 is 0 Å². The summed E-state index contributed by atoms with van der Waals surface area (Å²) in [6, 6.07) is 6.82. The maximum absolute atomic E-state index is 13.9. The second-order valence-electron chi connectivity index (χ2n) is 6.62. The van der Waals surface area contributed by atoms with E-state index in [4.69, 9.17) is 19.9 Å². The third kappa shape index (κ3) is 2.80. The van der Waals surface area contributed by atoms with E-state index in [1.807, 2.05) is 0 Å². The van der Waals surface area contributed by atoms with Crippen LogP contribution in [0.1, 0.15) is 12.5 Å². The summed E-state index contributed by atoms with van der Waals surface area (Å²) in [5.74, 6) is -2.54. The number of methoxy groups -OCH3 is 1. The van der Waals surface area contributed by atoms with Gasteiger partial charge in [0.15, 0.2) is 0 Å². The minimum absolute atomic E-state index is 0.0535. The lowest BCUT2D eigenvalue weighted by Gasteiger charge is -2.36. The molecule has 2 aliphatic rings. The van der Waals surface area contributed by atoms with E-state index >= 15 is 0 Å². The summed E-state index contributed by atoms with van der Waals surface area (Å²) in [7, 11) is 1.16. The molecule has 3 rings (SSSR count). The monoisotopic (exact) mass is 410 g/mol. The Morgan fingerprint density at radius 2 is 1.90 bits per heavy atom. The van der Waals surface area contributed by atoms with Crippen molar-refractivity contribution in [3.63, 3.8) is 0 Å². The van der Waals surface area contributed by atoms with Gasteiger partial charge in [0.1, 0.15) is 28.9 Å². The molecule has 0 bridgehead atoms. The number of anilines is 1. The van der Waals surface area contributed by atoms with Crippen molar-refractivity contribution in [1.29, 1.82) is 0 Å². The van der Waals surface area contributed by atoms with Crippen LogP contribution in [0.25, 0.3) is 0 Å². The van der Waals surface area contributed by atoms with E-state index in [1.165, 1.54) is 17.9 Å². The fourth-order valence-corrected chi connectivity index (χ4v) is 3.95. The average Bonchev–Trinajstić information content (AvgIpc) is 2.95. The zero-order chi connectivity index (χ0) is 22.1. The first kappa shape index (κ1) is 20.9. The van der Waals surface area contributed by atoms with Crippen LogP contribution in [-0.4, -0.2) is 38.1 Å². The van der Waals surface area contributed by atoms with Gasteiger partial charge in [0, 0.05) is 17.8 Å². The molecule has 0 fully saturated rings. The first-order valence-corrected chi connectivity index (χ1v) is 9.14. The van der Waals surface area contributed by atoms with E-state index in [0.29, 0.717) is 11.3 Å². The van der Waals surface area contributed by atoms with Gasteiger partial charge in [-0.1, -0.05) is 36.9 Å². The Bertz CT molecular complexity index is 1020. The van der Waals surface area contributed by atoms with Gasteiger partial charge in [-0.15, -0.1) is 6.58 Å². The summed E-state index contributed by atoms with van der Waals surface area (Å²) in [6.45, 7) is 8.77. The van der Waals surface area contributed by atoms with E-state index in [-0.39, 0.29) is 35.9 Å². The SMILES string of the molecule is C=CCOC(=O)C1=C(C)OC(N)=C(C(=O)OC)[C@]12C(=O)N(CC=C)c1ccccc12. The van der Waals surface area contributed by atoms with Crippen molar-refractivity contribution in [1.82, 2.24) is 0 Å². The number of nitrogens with zero attached hydrogens (tertiary/aromatic N) is 1. The van der Waals surface area contributed by atoms with Crippen LogP contribution in [0.4, 0.5) is 5.69 Å². The van der Waals surface area contributed by atoms with E-state index in [9.17, 15) is 14.4 Å². The maximum atomic E-state index is 13.9. The molecule has 1 atom stereocenters. The highest BCUT2D eigenvalue weighted by atomic mass is 16.5. The Kier molecular flexibility index (Phi) is 5.51. The van der Waals surface area contributed by atoms with Crippen molar-refractivity contribution >= 4 is 23.5 Å². The van der Waals surface area contributed by atoms with Crippen molar-refractivity contribution in [2.24, 2.45) is 5.73 Å². The number of carbonyl (C=O) groups is 3.